The molecular weight excluding hydrogens is 344 g/mol. The van der Waals surface area contributed by atoms with Crippen LogP contribution in [0.4, 0.5) is 0 Å². The first kappa shape index (κ1) is 24.6. The monoisotopic (exact) mass is 386 g/mol. The van der Waals surface area contributed by atoms with Crippen molar-refractivity contribution in [1.29, 1.82) is 0 Å². The van der Waals surface area contributed by atoms with E-state index in [-0.39, 0.29) is 6.61 Å². The molecule has 27 heavy (non-hydrogen) atoms. The third-order valence-electron chi connectivity index (χ3n) is 5.32. The van der Waals surface area contributed by atoms with Gasteiger partial charge in [-0.05, 0) is 44.4 Å². The van der Waals surface area contributed by atoms with E-state index in [1.807, 2.05) is 0 Å². The van der Waals surface area contributed by atoms with Crippen molar-refractivity contribution < 1.29 is 24.8 Å². The van der Waals surface area contributed by atoms with Crippen molar-refractivity contribution in [3.8, 4) is 0 Å². The van der Waals surface area contributed by atoms with Gasteiger partial charge in [0.05, 0.1) is 13.2 Å². The van der Waals surface area contributed by atoms with Gasteiger partial charge in [-0.2, -0.15) is 0 Å². The van der Waals surface area contributed by atoms with Crippen LogP contribution in [0.5, 0.6) is 0 Å². The Morgan fingerprint density at radius 3 is 2.44 bits per heavy atom. The van der Waals surface area contributed by atoms with Crippen molar-refractivity contribution >= 4 is 0 Å². The Kier molecular flexibility index (Phi) is 12.4. The van der Waals surface area contributed by atoms with E-state index < -0.39 is 24.6 Å². The van der Waals surface area contributed by atoms with Gasteiger partial charge in [-0.25, -0.2) is 0 Å². The maximum Gasteiger partial charge on any atom is 0.186 e. The van der Waals surface area contributed by atoms with Crippen LogP contribution in [0.1, 0.15) is 79.1 Å². The number of aliphatic hydroxyl groups excluding tert-OH is 3. The van der Waals surface area contributed by atoms with Gasteiger partial charge in [-0.3, -0.25) is 0 Å². The summed E-state index contributed by atoms with van der Waals surface area (Å²) in [7, 11) is 0. The van der Waals surface area contributed by atoms with Crippen LogP contribution in [0.3, 0.4) is 0 Å². The lowest BCUT2D eigenvalue weighted by molar-refractivity contribution is -0.269. The zero-order valence-electron chi connectivity index (χ0n) is 17.8. The Hall–Kier alpha value is -0.460. The van der Waals surface area contributed by atoms with Crippen molar-refractivity contribution in [1.82, 2.24) is 0 Å². The summed E-state index contributed by atoms with van der Waals surface area (Å²) < 4.78 is 10.7. The highest BCUT2D eigenvalue weighted by Gasteiger charge is 2.37. The molecule has 160 valence electrons. The van der Waals surface area contributed by atoms with Crippen LogP contribution in [-0.2, 0) is 9.47 Å². The van der Waals surface area contributed by atoms with Crippen molar-refractivity contribution in [2.75, 3.05) is 13.2 Å². The number of rotatable bonds is 13. The molecule has 1 fully saturated rings. The average molecular weight is 387 g/mol. The smallest absolute Gasteiger partial charge is 0.186 e. The molecule has 1 rings (SSSR count). The van der Waals surface area contributed by atoms with Gasteiger partial charge < -0.3 is 24.8 Å². The third kappa shape index (κ3) is 10.6. The summed E-state index contributed by atoms with van der Waals surface area (Å²) in [6.07, 6.45) is 7.48. The molecule has 0 amide bonds. The summed E-state index contributed by atoms with van der Waals surface area (Å²) in [6, 6.07) is 0. The van der Waals surface area contributed by atoms with Crippen molar-refractivity contribution in [3.63, 3.8) is 0 Å². The molecule has 1 saturated heterocycles. The van der Waals surface area contributed by atoms with Crippen molar-refractivity contribution in [2.24, 2.45) is 11.8 Å². The molecular formula is C22H42O5. The number of unbranched alkanes of at least 4 members (excludes halogenated alkanes) is 1. The molecule has 0 aromatic carbocycles. The highest BCUT2D eigenvalue weighted by Crippen LogP contribution is 2.20. The van der Waals surface area contributed by atoms with Gasteiger partial charge in [0.25, 0.3) is 0 Å². The third-order valence-corrected chi connectivity index (χ3v) is 5.32. The van der Waals surface area contributed by atoms with E-state index in [1.54, 1.807) is 0 Å². The Morgan fingerprint density at radius 1 is 1.04 bits per heavy atom. The van der Waals surface area contributed by atoms with Crippen LogP contribution in [0.15, 0.2) is 11.6 Å². The summed E-state index contributed by atoms with van der Waals surface area (Å²) in [4.78, 5) is 0. The summed E-state index contributed by atoms with van der Waals surface area (Å²) in [5.41, 5.74) is 1.43. The largest absolute Gasteiger partial charge is 0.388 e. The van der Waals surface area contributed by atoms with Gasteiger partial charge in [0, 0.05) is 0 Å². The Bertz CT molecular complexity index is 410. The molecule has 1 aliphatic rings. The molecule has 0 saturated carbocycles. The molecule has 3 N–H and O–H groups in total. The SMILES string of the molecule is C/C(=C\CCCOC1OCC(O)C(O)C1O)CCCC(C)CCCC(C)C. The van der Waals surface area contributed by atoms with Crippen LogP contribution in [0.2, 0.25) is 0 Å². The van der Waals surface area contributed by atoms with E-state index in [2.05, 4.69) is 33.8 Å². The lowest BCUT2D eigenvalue weighted by Gasteiger charge is -2.34. The molecule has 5 unspecified atom stereocenters. The quantitative estimate of drug-likeness (QED) is 0.331. The average Bonchev–Trinajstić information content (AvgIpc) is 2.61. The highest BCUT2D eigenvalue weighted by atomic mass is 16.7. The Labute approximate surface area is 165 Å². The van der Waals surface area contributed by atoms with Gasteiger partial charge in [0.1, 0.15) is 18.3 Å². The standard InChI is InChI=1S/C22H42O5/c1-16(2)9-7-11-18(4)13-8-12-17(3)10-5-6-14-26-22-21(25)20(24)19(23)15-27-22/h10,16,18-25H,5-9,11-15H2,1-4H3/b17-10+. The van der Waals surface area contributed by atoms with Gasteiger partial charge in [0.15, 0.2) is 6.29 Å². The molecule has 5 heteroatoms. The fraction of sp³-hybridized carbons (Fsp3) is 0.909. The zero-order chi connectivity index (χ0) is 20.2. The fourth-order valence-electron chi connectivity index (χ4n) is 3.41. The van der Waals surface area contributed by atoms with Crippen LogP contribution in [-0.4, -0.2) is 53.1 Å². The van der Waals surface area contributed by atoms with Crippen molar-refractivity contribution in [2.45, 2.75) is 104 Å². The minimum atomic E-state index is -1.21. The normalized spacial score (nSPS) is 27.9. The number of allylic oxidation sites excluding steroid dienone is 2. The second-order valence-corrected chi connectivity index (χ2v) is 8.64. The van der Waals surface area contributed by atoms with E-state index >= 15 is 0 Å². The molecule has 0 bridgehead atoms. The Morgan fingerprint density at radius 2 is 1.74 bits per heavy atom. The molecule has 0 aromatic heterocycles. The van der Waals surface area contributed by atoms with E-state index in [0.29, 0.717) is 6.61 Å². The lowest BCUT2D eigenvalue weighted by atomic mass is 9.94. The summed E-state index contributed by atoms with van der Waals surface area (Å²) in [5.74, 6) is 1.64. The molecule has 5 atom stereocenters. The minimum absolute atomic E-state index is 0.0161. The molecule has 0 aromatic rings. The van der Waals surface area contributed by atoms with Crippen LogP contribution in [0.25, 0.3) is 0 Å². The first-order valence-electron chi connectivity index (χ1n) is 10.7. The van der Waals surface area contributed by atoms with E-state index in [4.69, 9.17) is 9.47 Å². The highest BCUT2D eigenvalue weighted by molar-refractivity contribution is 4.97. The number of aliphatic hydroxyl groups is 3. The molecule has 1 aliphatic heterocycles. The zero-order valence-corrected chi connectivity index (χ0v) is 17.8. The molecule has 1 heterocycles. The summed E-state index contributed by atoms with van der Waals surface area (Å²) >= 11 is 0. The van der Waals surface area contributed by atoms with Crippen LogP contribution < -0.4 is 0 Å². The van der Waals surface area contributed by atoms with E-state index in [1.165, 1.54) is 37.7 Å². The lowest BCUT2D eigenvalue weighted by Crippen LogP contribution is -2.53. The molecule has 5 nitrogen and oxygen atoms in total. The first-order chi connectivity index (χ1) is 12.8. The Balaban J connectivity index is 2.06. The van der Waals surface area contributed by atoms with E-state index in [9.17, 15) is 15.3 Å². The second kappa shape index (κ2) is 13.7. The number of ether oxygens (including phenoxy) is 2. The second-order valence-electron chi connectivity index (χ2n) is 8.64. The van der Waals surface area contributed by atoms with Gasteiger partial charge >= 0.3 is 0 Å². The van der Waals surface area contributed by atoms with Gasteiger partial charge in [-0.15, -0.1) is 0 Å². The molecule has 0 aliphatic carbocycles. The maximum absolute atomic E-state index is 9.80. The van der Waals surface area contributed by atoms with Crippen molar-refractivity contribution in [3.05, 3.63) is 11.6 Å². The predicted octanol–water partition coefficient (Wildman–Crippen LogP) is 3.80. The van der Waals surface area contributed by atoms with E-state index in [0.717, 1.165) is 31.1 Å². The van der Waals surface area contributed by atoms with Crippen LogP contribution >= 0.6 is 0 Å². The minimum Gasteiger partial charge on any atom is -0.388 e. The predicted molar refractivity (Wildman–Crippen MR) is 108 cm³/mol. The summed E-state index contributed by atoms with van der Waals surface area (Å²) in [6.45, 7) is 9.59. The molecule has 0 spiro atoms. The maximum atomic E-state index is 9.80. The first-order valence-corrected chi connectivity index (χ1v) is 10.7. The molecule has 0 radical (unpaired) electrons. The van der Waals surface area contributed by atoms with Gasteiger partial charge in [-0.1, -0.05) is 58.1 Å². The topological polar surface area (TPSA) is 79.2 Å². The summed E-state index contributed by atoms with van der Waals surface area (Å²) in [5, 5.41) is 28.8. The number of hydrogen-bond donors (Lipinski definition) is 3. The number of hydrogen-bond acceptors (Lipinski definition) is 5. The van der Waals surface area contributed by atoms with Gasteiger partial charge in [0.2, 0.25) is 0 Å². The fourth-order valence-corrected chi connectivity index (χ4v) is 3.41. The van der Waals surface area contributed by atoms with Crippen LogP contribution in [0, 0.1) is 11.8 Å².